The number of carbonyl (C=O) groups is 1. The third-order valence-corrected chi connectivity index (χ3v) is 5.17. The molecule has 5 heteroatoms. The van der Waals surface area contributed by atoms with E-state index in [4.69, 9.17) is 4.74 Å². The van der Waals surface area contributed by atoms with Crippen molar-refractivity contribution in [2.24, 2.45) is 5.92 Å². The number of benzene rings is 1. The fraction of sp³-hybridized carbons (Fsp3) is 0.611. The van der Waals surface area contributed by atoms with Gasteiger partial charge in [0.1, 0.15) is 5.75 Å². The number of piperidine rings is 1. The fourth-order valence-corrected chi connectivity index (χ4v) is 3.58. The van der Waals surface area contributed by atoms with E-state index in [-0.39, 0.29) is 11.8 Å². The Morgan fingerprint density at radius 3 is 2.83 bits per heavy atom. The van der Waals surface area contributed by atoms with Crippen molar-refractivity contribution in [2.75, 3.05) is 32.2 Å². The maximum atomic E-state index is 12.1. The highest BCUT2D eigenvalue weighted by Crippen LogP contribution is 2.18. The van der Waals surface area contributed by atoms with Gasteiger partial charge in [-0.1, -0.05) is 19.1 Å². The smallest absolute Gasteiger partial charge is 0.223 e. The molecular weight excluding hydrogens is 308 g/mol. The summed E-state index contributed by atoms with van der Waals surface area (Å²) in [6, 6.07) is 8.57. The molecule has 1 unspecified atom stereocenters. The van der Waals surface area contributed by atoms with E-state index in [1.807, 2.05) is 25.3 Å². The Hall–Kier alpha value is -1.20. The molecule has 1 fully saturated rings. The molecule has 1 aromatic rings. The summed E-state index contributed by atoms with van der Waals surface area (Å²) in [6.45, 7) is 5.00. The van der Waals surface area contributed by atoms with Gasteiger partial charge in [-0.15, -0.1) is 0 Å². The largest absolute Gasteiger partial charge is 0.497 e. The van der Waals surface area contributed by atoms with Gasteiger partial charge in [-0.05, 0) is 36.8 Å². The number of rotatable bonds is 7. The Balaban J connectivity index is 1.76. The first-order chi connectivity index (χ1) is 11.1. The maximum Gasteiger partial charge on any atom is 0.223 e. The average molecular weight is 337 g/mol. The SMILES string of the molecule is COc1cccc(CN2CCC(NC(=O)C(C)CSC)CC2)c1. The second-order valence-corrected chi connectivity index (χ2v) is 7.18. The number of nitrogens with one attached hydrogen (secondary N) is 1. The first-order valence-corrected chi connectivity index (χ1v) is 9.66. The van der Waals surface area contributed by atoms with Crippen molar-refractivity contribution in [3.8, 4) is 5.75 Å². The summed E-state index contributed by atoms with van der Waals surface area (Å²) in [6.07, 6.45) is 4.10. The van der Waals surface area contributed by atoms with Crippen molar-refractivity contribution in [1.29, 1.82) is 0 Å². The van der Waals surface area contributed by atoms with E-state index in [1.165, 1.54) is 5.56 Å². The summed E-state index contributed by atoms with van der Waals surface area (Å²) in [5.41, 5.74) is 1.28. The molecule has 1 amide bonds. The van der Waals surface area contributed by atoms with Crippen LogP contribution in [0.25, 0.3) is 0 Å². The van der Waals surface area contributed by atoms with E-state index in [2.05, 4.69) is 22.3 Å². The van der Waals surface area contributed by atoms with Gasteiger partial charge in [0.05, 0.1) is 7.11 Å². The van der Waals surface area contributed by atoms with Crippen molar-refractivity contribution in [3.63, 3.8) is 0 Å². The minimum Gasteiger partial charge on any atom is -0.497 e. The highest BCUT2D eigenvalue weighted by molar-refractivity contribution is 7.98. The minimum absolute atomic E-state index is 0.0970. The van der Waals surface area contributed by atoms with Gasteiger partial charge < -0.3 is 10.1 Å². The second kappa shape index (κ2) is 9.18. The molecule has 4 nitrogen and oxygen atoms in total. The third kappa shape index (κ3) is 5.74. The summed E-state index contributed by atoms with van der Waals surface area (Å²) >= 11 is 1.73. The maximum absolute atomic E-state index is 12.1. The lowest BCUT2D eigenvalue weighted by molar-refractivity contribution is -0.124. The monoisotopic (exact) mass is 336 g/mol. The van der Waals surface area contributed by atoms with Crippen molar-refractivity contribution >= 4 is 17.7 Å². The highest BCUT2D eigenvalue weighted by atomic mass is 32.2. The first kappa shape index (κ1) is 18.1. The van der Waals surface area contributed by atoms with Crippen LogP contribution in [-0.2, 0) is 11.3 Å². The Kier molecular flexibility index (Phi) is 7.24. The molecule has 2 rings (SSSR count). The van der Waals surface area contributed by atoms with Gasteiger partial charge in [0.25, 0.3) is 0 Å². The van der Waals surface area contributed by atoms with Gasteiger partial charge in [-0.25, -0.2) is 0 Å². The number of likely N-dealkylation sites (tertiary alicyclic amines) is 1. The van der Waals surface area contributed by atoms with E-state index in [1.54, 1.807) is 18.9 Å². The average Bonchev–Trinajstić information content (AvgIpc) is 2.57. The van der Waals surface area contributed by atoms with Crippen LogP contribution in [-0.4, -0.2) is 49.1 Å². The Labute approximate surface area is 144 Å². The van der Waals surface area contributed by atoms with Crippen LogP contribution in [0, 0.1) is 5.92 Å². The number of amides is 1. The van der Waals surface area contributed by atoms with Crippen LogP contribution in [0.1, 0.15) is 25.3 Å². The van der Waals surface area contributed by atoms with Gasteiger partial charge >= 0.3 is 0 Å². The first-order valence-electron chi connectivity index (χ1n) is 8.27. The van der Waals surface area contributed by atoms with Crippen LogP contribution in [0.5, 0.6) is 5.75 Å². The number of nitrogens with zero attached hydrogens (tertiary/aromatic N) is 1. The molecule has 1 aliphatic rings. The zero-order valence-electron chi connectivity index (χ0n) is 14.4. The summed E-state index contributed by atoms with van der Waals surface area (Å²) in [5.74, 6) is 2.10. The quantitative estimate of drug-likeness (QED) is 0.831. The predicted molar refractivity (Wildman–Crippen MR) is 97.0 cm³/mol. The molecular formula is C18H28N2O2S. The van der Waals surface area contributed by atoms with Gasteiger partial charge in [0.15, 0.2) is 0 Å². The number of hydrogen-bond donors (Lipinski definition) is 1. The topological polar surface area (TPSA) is 41.6 Å². The van der Waals surface area contributed by atoms with E-state index >= 15 is 0 Å². The highest BCUT2D eigenvalue weighted by Gasteiger charge is 2.22. The standard InChI is InChI=1S/C18H28N2O2S/c1-14(13-23-3)18(21)19-16-7-9-20(10-8-16)12-15-5-4-6-17(11-15)22-2/h4-6,11,14,16H,7-10,12-13H2,1-3H3,(H,19,21). The van der Waals surface area contributed by atoms with Crippen molar-refractivity contribution < 1.29 is 9.53 Å². The molecule has 1 heterocycles. The fourth-order valence-electron chi connectivity index (χ4n) is 2.93. The number of hydrogen-bond acceptors (Lipinski definition) is 4. The summed E-state index contributed by atoms with van der Waals surface area (Å²) < 4.78 is 5.28. The molecule has 0 bridgehead atoms. The van der Waals surface area contributed by atoms with Gasteiger partial charge in [-0.3, -0.25) is 9.69 Å². The minimum atomic E-state index is 0.0970. The lowest BCUT2D eigenvalue weighted by Gasteiger charge is -2.33. The van der Waals surface area contributed by atoms with Crippen molar-refractivity contribution in [2.45, 2.75) is 32.4 Å². The second-order valence-electron chi connectivity index (χ2n) is 6.27. The van der Waals surface area contributed by atoms with Gasteiger partial charge in [0.2, 0.25) is 5.91 Å². The van der Waals surface area contributed by atoms with Gasteiger partial charge in [-0.2, -0.15) is 11.8 Å². The van der Waals surface area contributed by atoms with Crippen molar-refractivity contribution in [3.05, 3.63) is 29.8 Å². The van der Waals surface area contributed by atoms with E-state index in [0.29, 0.717) is 6.04 Å². The summed E-state index contributed by atoms with van der Waals surface area (Å²) in [4.78, 5) is 14.5. The lowest BCUT2D eigenvalue weighted by Crippen LogP contribution is -2.46. The zero-order chi connectivity index (χ0) is 16.7. The molecule has 1 N–H and O–H groups in total. The number of thioether (sulfide) groups is 1. The predicted octanol–water partition coefficient (Wildman–Crippen LogP) is 2.77. The third-order valence-electron chi connectivity index (χ3n) is 4.34. The van der Waals surface area contributed by atoms with Crippen LogP contribution < -0.4 is 10.1 Å². The van der Waals surface area contributed by atoms with Crippen LogP contribution in [0.15, 0.2) is 24.3 Å². The molecule has 128 valence electrons. The molecule has 1 aromatic carbocycles. The van der Waals surface area contributed by atoms with Crippen LogP contribution in [0.2, 0.25) is 0 Å². The summed E-state index contributed by atoms with van der Waals surface area (Å²) in [5, 5.41) is 3.21. The van der Waals surface area contributed by atoms with E-state index in [9.17, 15) is 4.79 Å². The zero-order valence-corrected chi connectivity index (χ0v) is 15.2. The van der Waals surface area contributed by atoms with E-state index in [0.717, 1.165) is 44.0 Å². The molecule has 1 saturated heterocycles. The Morgan fingerprint density at radius 2 is 2.17 bits per heavy atom. The molecule has 1 atom stereocenters. The van der Waals surface area contributed by atoms with Crippen LogP contribution in [0.3, 0.4) is 0 Å². The number of ether oxygens (including phenoxy) is 1. The molecule has 0 saturated carbocycles. The Bertz CT molecular complexity index is 502. The van der Waals surface area contributed by atoms with Gasteiger partial charge in [0, 0.05) is 37.3 Å². The molecule has 0 radical (unpaired) electrons. The molecule has 23 heavy (non-hydrogen) atoms. The summed E-state index contributed by atoms with van der Waals surface area (Å²) in [7, 11) is 1.70. The normalized spacial score (nSPS) is 17.7. The number of methoxy groups -OCH3 is 1. The molecule has 0 aromatic heterocycles. The van der Waals surface area contributed by atoms with Crippen LogP contribution in [0.4, 0.5) is 0 Å². The molecule has 1 aliphatic heterocycles. The van der Waals surface area contributed by atoms with Crippen LogP contribution >= 0.6 is 11.8 Å². The van der Waals surface area contributed by atoms with E-state index < -0.39 is 0 Å². The molecule has 0 spiro atoms. The number of carbonyl (C=O) groups excluding carboxylic acids is 1. The molecule has 0 aliphatic carbocycles. The van der Waals surface area contributed by atoms with Crippen molar-refractivity contribution in [1.82, 2.24) is 10.2 Å². The lowest BCUT2D eigenvalue weighted by atomic mass is 10.0. The Morgan fingerprint density at radius 1 is 1.43 bits per heavy atom.